The fourth-order valence-corrected chi connectivity index (χ4v) is 4.68. The van der Waals surface area contributed by atoms with Crippen LogP contribution in [0.4, 0.5) is 5.69 Å². The van der Waals surface area contributed by atoms with Gasteiger partial charge in [0.15, 0.2) is 0 Å². The summed E-state index contributed by atoms with van der Waals surface area (Å²) in [6.07, 6.45) is -0.00995. The summed E-state index contributed by atoms with van der Waals surface area (Å²) >= 11 is 0. The number of carbonyl (C=O) groups excluding carboxylic acids is 2. The van der Waals surface area contributed by atoms with Crippen molar-refractivity contribution in [2.24, 2.45) is 0 Å². The lowest BCUT2D eigenvalue weighted by atomic mass is 9.85. The van der Waals surface area contributed by atoms with Crippen molar-refractivity contribution >= 4 is 23.1 Å². The lowest BCUT2D eigenvalue weighted by molar-refractivity contribution is -0.132. The van der Waals surface area contributed by atoms with Gasteiger partial charge in [-0.05, 0) is 72.9 Å². The lowest BCUT2D eigenvalue weighted by Crippen LogP contribution is -2.29. The van der Waals surface area contributed by atoms with Gasteiger partial charge >= 0.3 is 0 Å². The molecule has 0 aliphatic carbocycles. The van der Waals surface area contributed by atoms with Crippen molar-refractivity contribution in [2.75, 3.05) is 19.1 Å². The zero-order valence-corrected chi connectivity index (χ0v) is 23.4. The molecule has 1 fully saturated rings. The number of ether oxygens (including phenoxy) is 3. The molecule has 0 bridgehead atoms. The highest BCUT2D eigenvalue weighted by molar-refractivity contribution is 6.51. The minimum atomic E-state index is -0.869. The third kappa shape index (κ3) is 5.48. The summed E-state index contributed by atoms with van der Waals surface area (Å²) in [5.41, 5.74) is 2.45. The van der Waals surface area contributed by atoms with Crippen molar-refractivity contribution < 1.29 is 28.9 Å². The molecular formula is C32H35NO6. The number of rotatable bonds is 7. The molecule has 1 aliphatic rings. The number of aliphatic hydroxyl groups is 1. The summed E-state index contributed by atoms with van der Waals surface area (Å²) < 4.78 is 16.6. The zero-order chi connectivity index (χ0) is 28.5. The topological polar surface area (TPSA) is 85.3 Å². The first kappa shape index (κ1) is 27.8. The molecule has 1 unspecified atom stereocenters. The SMILES string of the molecule is COc1ccc(OC)c(/C(O)=C2\C(=O)C(=O)N(c3ccc(OC(C)C)cc3)C2c2ccc(C(C)(C)C)cc2)c1. The van der Waals surface area contributed by atoms with Crippen LogP contribution in [0.15, 0.2) is 72.3 Å². The number of benzene rings is 3. The first-order valence-corrected chi connectivity index (χ1v) is 12.9. The maximum absolute atomic E-state index is 13.6. The molecular weight excluding hydrogens is 494 g/mol. The highest BCUT2D eigenvalue weighted by Crippen LogP contribution is 2.44. The van der Waals surface area contributed by atoms with E-state index in [-0.39, 0.29) is 28.4 Å². The third-order valence-electron chi connectivity index (χ3n) is 6.69. The predicted octanol–water partition coefficient (Wildman–Crippen LogP) is 6.41. The second-order valence-corrected chi connectivity index (χ2v) is 10.8. The Labute approximate surface area is 229 Å². The maximum atomic E-state index is 13.6. The average Bonchev–Trinajstić information content (AvgIpc) is 3.17. The molecule has 1 atom stereocenters. The quantitative estimate of drug-likeness (QED) is 0.216. The molecule has 7 nitrogen and oxygen atoms in total. The van der Waals surface area contributed by atoms with Crippen molar-refractivity contribution in [1.29, 1.82) is 0 Å². The highest BCUT2D eigenvalue weighted by atomic mass is 16.5. The second kappa shape index (κ2) is 10.8. The van der Waals surface area contributed by atoms with Crippen LogP contribution >= 0.6 is 0 Å². The van der Waals surface area contributed by atoms with Gasteiger partial charge in [-0.15, -0.1) is 0 Å². The Hall–Kier alpha value is -4.26. The van der Waals surface area contributed by atoms with Crippen molar-refractivity contribution in [3.05, 3.63) is 89.0 Å². The molecule has 0 saturated carbocycles. The molecule has 1 amide bonds. The monoisotopic (exact) mass is 529 g/mol. The number of hydrogen-bond donors (Lipinski definition) is 1. The van der Waals surface area contributed by atoms with Gasteiger partial charge in [0.25, 0.3) is 11.7 Å². The average molecular weight is 530 g/mol. The minimum Gasteiger partial charge on any atom is -0.507 e. The molecule has 39 heavy (non-hydrogen) atoms. The Bertz CT molecular complexity index is 1400. The van der Waals surface area contributed by atoms with Crippen LogP contribution in [0.5, 0.6) is 17.2 Å². The summed E-state index contributed by atoms with van der Waals surface area (Å²) in [5.74, 6) is -0.394. The van der Waals surface area contributed by atoms with E-state index in [2.05, 4.69) is 20.8 Å². The first-order valence-electron chi connectivity index (χ1n) is 12.9. The van der Waals surface area contributed by atoms with E-state index < -0.39 is 17.7 Å². The van der Waals surface area contributed by atoms with Crippen LogP contribution in [0.1, 0.15) is 57.4 Å². The van der Waals surface area contributed by atoms with Gasteiger partial charge in [0.05, 0.1) is 37.5 Å². The van der Waals surface area contributed by atoms with E-state index in [0.29, 0.717) is 28.5 Å². The van der Waals surface area contributed by atoms with Gasteiger partial charge < -0.3 is 19.3 Å². The molecule has 0 radical (unpaired) electrons. The van der Waals surface area contributed by atoms with E-state index in [1.807, 2.05) is 38.1 Å². The van der Waals surface area contributed by atoms with E-state index in [1.54, 1.807) is 42.5 Å². The minimum absolute atomic E-state index is 0.00995. The van der Waals surface area contributed by atoms with Crippen LogP contribution in [0.2, 0.25) is 0 Å². The molecule has 4 rings (SSSR count). The van der Waals surface area contributed by atoms with Crippen LogP contribution in [0.25, 0.3) is 5.76 Å². The molecule has 0 spiro atoms. The van der Waals surface area contributed by atoms with Crippen molar-refractivity contribution in [3.63, 3.8) is 0 Å². The fraction of sp³-hybridized carbons (Fsp3) is 0.312. The summed E-state index contributed by atoms with van der Waals surface area (Å²) in [5, 5.41) is 11.6. The molecule has 204 valence electrons. The van der Waals surface area contributed by atoms with E-state index >= 15 is 0 Å². The number of Topliss-reactive ketones (excluding diaryl/α,β-unsaturated/α-hetero) is 1. The van der Waals surface area contributed by atoms with Gasteiger partial charge in [0.1, 0.15) is 23.0 Å². The Morgan fingerprint density at radius 2 is 1.49 bits per heavy atom. The molecule has 3 aromatic rings. The van der Waals surface area contributed by atoms with Gasteiger partial charge in [0, 0.05) is 5.69 Å². The predicted molar refractivity (Wildman–Crippen MR) is 152 cm³/mol. The Balaban J connectivity index is 1.92. The number of amides is 1. The number of methoxy groups -OCH3 is 2. The van der Waals surface area contributed by atoms with Crippen molar-refractivity contribution in [3.8, 4) is 17.2 Å². The van der Waals surface area contributed by atoms with Crippen LogP contribution in [0, 0.1) is 0 Å². The van der Waals surface area contributed by atoms with Gasteiger partial charge in [-0.2, -0.15) is 0 Å². The Morgan fingerprint density at radius 1 is 0.872 bits per heavy atom. The van der Waals surface area contributed by atoms with Gasteiger partial charge in [0.2, 0.25) is 0 Å². The van der Waals surface area contributed by atoms with Crippen molar-refractivity contribution in [2.45, 2.75) is 52.2 Å². The normalized spacial score (nSPS) is 17.0. The standard InChI is InChI=1S/C32H35NO6/c1-19(2)39-23-14-12-22(13-15-23)33-28(20-8-10-21(11-9-20)32(3,4)5)27(30(35)31(33)36)29(34)25-18-24(37-6)16-17-26(25)38-7/h8-19,28,34H,1-7H3/b29-27+. The summed E-state index contributed by atoms with van der Waals surface area (Å²) in [4.78, 5) is 28.5. The number of carbonyl (C=O) groups is 2. The van der Waals surface area contributed by atoms with E-state index in [4.69, 9.17) is 14.2 Å². The fourth-order valence-electron chi connectivity index (χ4n) is 4.68. The molecule has 1 saturated heterocycles. The number of nitrogens with zero attached hydrogens (tertiary/aromatic N) is 1. The number of anilines is 1. The van der Waals surface area contributed by atoms with Gasteiger partial charge in [-0.1, -0.05) is 45.0 Å². The van der Waals surface area contributed by atoms with E-state index in [0.717, 1.165) is 5.56 Å². The molecule has 1 aliphatic heterocycles. The third-order valence-corrected chi connectivity index (χ3v) is 6.69. The van der Waals surface area contributed by atoms with Crippen LogP contribution in [-0.2, 0) is 15.0 Å². The zero-order valence-electron chi connectivity index (χ0n) is 23.4. The highest BCUT2D eigenvalue weighted by Gasteiger charge is 2.47. The van der Waals surface area contributed by atoms with Crippen LogP contribution < -0.4 is 19.1 Å². The summed E-state index contributed by atoms with van der Waals surface area (Å²) in [6.45, 7) is 10.2. The molecule has 3 aromatic carbocycles. The Kier molecular flexibility index (Phi) is 7.72. The summed E-state index contributed by atoms with van der Waals surface area (Å²) in [6, 6.07) is 18.8. The lowest BCUT2D eigenvalue weighted by Gasteiger charge is -2.27. The van der Waals surface area contributed by atoms with Crippen molar-refractivity contribution in [1.82, 2.24) is 0 Å². The largest absolute Gasteiger partial charge is 0.507 e. The molecule has 1 heterocycles. The number of ketones is 1. The smallest absolute Gasteiger partial charge is 0.300 e. The molecule has 0 aromatic heterocycles. The first-order chi connectivity index (χ1) is 18.5. The second-order valence-electron chi connectivity index (χ2n) is 10.8. The van der Waals surface area contributed by atoms with E-state index in [9.17, 15) is 14.7 Å². The van der Waals surface area contributed by atoms with Gasteiger partial charge in [-0.3, -0.25) is 14.5 Å². The molecule has 1 N–H and O–H groups in total. The van der Waals surface area contributed by atoms with E-state index in [1.165, 1.54) is 19.1 Å². The summed E-state index contributed by atoms with van der Waals surface area (Å²) in [7, 11) is 2.98. The number of hydrogen-bond acceptors (Lipinski definition) is 6. The Morgan fingerprint density at radius 3 is 2.03 bits per heavy atom. The van der Waals surface area contributed by atoms with Crippen LogP contribution in [-0.4, -0.2) is 37.1 Å². The van der Waals surface area contributed by atoms with Crippen LogP contribution in [0.3, 0.4) is 0 Å². The molecule has 7 heteroatoms. The number of aliphatic hydroxyl groups excluding tert-OH is 1. The van der Waals surface area contributed by atoms with Gasteiger partial charge in [-0.25, -0.2) is 0 Å². The maximum Gasteiger partial charge on any atom is 0.300 e.